The van der Waals surface area contributed by atoms with Crippen molar-refractivity contribution in [3.05, 3.63) is 70.8 Å². The van der Waals surface area contributed by atoms with Crippen LogP contribution < -0.4 is 10.3 Å². The van der Waals surface area contributed by atoms with E-state index in [1.165, 1.54) is 17.0 Å². The molecular weight excluding hydrogens is 392 g/mol. The normalized spacial score (nSPS) is 14.8. The molecule has 0 bridgehead atoms. The predicted molar refractivity (Wildman–Crippen MR) is 107 cm³/mol. The van der Waals surface area contributed by atoms with E-state index in [1.54, 1.807) is 23.1 Å². The summed E-state index contributed by atoms with van der Waals surface area (Å²) in [5.41, 5.74) is 0.464. The average molecular weight is 413 g/mol. The van der Waals surface area contributed by atoms with E-state index in [0.29, 0.717) is 36.8 Å². The maximum Gasteiger partial charge on any atom is 0.261 e. The molecule has 0 atom stereocenters. The first-order valence-electron chi connectivity index (χ1n) is 9.85. The molecule has 4 rings (SSSR count). The molecule has 0 aliphatic carbocycles. The summed E-state index contributed by atoms with van der Waals surface area (Å²) >= 11 is 0. The van der Waals surface area contributed by atoms with Crippen molar-refractivity contribution in [3.8, 4) is 5.75 Å². The van der Waals surface area contributed by atoms with E-state index in [0.717, 1.165) is 12.1 Å². The summed E-state index contributed by atoms with van der Waals surface area (Å²) in [5, 5.41) is 0.526. The molecule has 8 heteroatoms. The van der Waals surface area contributed by atoms with E-state index in [-0.39, 0.29) is 36.3 Å². The molecule has 30 heavy (non-hydrogen) atoms. The lowest BCUT2D eigenvalue weighted by molar-refractivity contribution is -0.133. The zero-order valence-electron chi connectivity index (χ0n) is 16.3. The zero-order chi connectivity index (χ0) is 21.1. The Balaban J connectivity index is 1.30. The van der Waals surface area contributed by atoms with Gasteiger partial charge >= 0.3 is 0 Å². The van der Waals surface area contributed by atoms with Crippen LogP contribution in [0.3, 0.4) is 0 Å². The SMILES string of the molecule is O=C(CCn1cnc2ccccc2c1=O)N1CCC(Oc2ccc(F)cc2F)CC1. The molecule has 0 unspecified atom stereocenters. The second kappa shape index (κ2) is 8.61. The molecule has 156 valence electrons. The van der Waals surface area contributed by atoms with Gasteiger partial charge in [-0.05, 0) is 24.3 Å². The summed E-state index contributed by atoms with van der Waals surface area (Å²) in [4.78, 5) is 31.0. The van der Waals surface area contributed by atoms with Gasteiger partial charge in [-0.15, -0.1) is 0 Å². The van der Waals surface area contributed by atoms with Gasteiger partial charge in [0.1, 0.15) is 11.9 Å². The zero-order valence-corrected chi connectivity index (χ0v) is 16.3. The van der Waals surface area contributed by atoms with Crippen molar-refractivity contribution in [1.82, 2.24) is 14.5 Å². The van der Waals surface area contributed by atoms with Gasteiger partial charge in [-0.1, -0.05) is 12.1 Å². The number of amides is 1. The van der Waals surface area contributed by atoms with Gasteiger partial charge < -0.3 is 9.64 Å². The smallest absolute Gasteiger partial charge is 0.261 e. The lowest BCUT2D eigenvalue weighted by atomic mass is 10.1. The number of aryl methyl sites for hydroxylation is 1. The van der Waals surface area contributed by atoms with Crippen molar-refractivity contribution in [3.63, 3.8) is 0 Å². The van der Waals surface area contributed by atoms with Crippen LogP contribution in [0.25, 0.3) is 10.9 Å². The summed E-state index contributed by atoms with van der Waals surface area (Å²) in [7, 11) is 0. The van der Waals surface area contributed by atoms with Gasteiger partial charge in [-0.3, -0.25) is 14.2 Å². The third kappa shape index (κ3) is 4.32. The average Bonchev–Trinajstić information content (AvgIpc) is 2.76. The van der Waals surface area contributed by atoms with Gasteiger partial charge in [0.2, 0.25) is 5.91 Å². The van der Waals surface area contributed by atoms with Gasteiger partial charge in [-0.25, -0.2) is 13.8 Å². The van der Waals surface area contributed by atoms with Crippen molar-refractivity contribution < 1.29 is 18.3 Å². The number of likely N-dealkylation sites (tertiary alicyclic amines) is 1. The molecule has 0 spiro atoms. The first-order chi connectivity index (χ1) is 14.5. The molecule has 0 N–H and O–H groups in total. The number of ether oxygens (including phenoxy) is 1. The van der Waals surface area contributed by atoms with Crippen molar-refractivity contribution >= 4 is 16.8 Å². The van der Waals surface area contributed by atoms with Gasteiger partial charge in [-0.2, -0.15) is 0 Å². The standard InChI is InChI=1S/C22H21F2N3O3/c23-15-5-6-20(18(24)13-15)30-16-7-10-26(11-8-16)21(28)9-12-27-14-25-19-4-2-1-3-17(19)22(27)29/h1-6,13-14,16H,7-12H2. The molecular formula is C22H21F2N3O3. The summed E-state index contributed by atoms with van der Waals surface area (Å²) < 4.78 is 33.8. The molecule has 2 heterocycles. The van der Waals surface area contributed by atoms with E-state index < -0.39 is 11.6 Å². The number of para-hydroxylation sites is 1. The molecule has 0 radical (unpaired) electrons. The van der Waals surface area contributed by atoms with Crippen LogP contribution in [0.4, 0.5) is 8.78 Å². The molecule has 1 aromatic heterocycles. The lowest BCUT2D eigenvalue weighted by Crippen LogP contribution is -2.42. The fraction of sp³-hybridized carbons (Fsp3) is 0.318. The highest BCUT2D eigenvalue weighted by molar-refractivity contribution is 5.77. The number of aromatic nitrogens is 2. The molecule has 1 aliphatic heterocycles. The fourth-order valence-corrected chi connectivity index (χ4v) is 3.61. The number of halogens is 2. The number of carbonyl (C=O) groups excluding carboxylic acids is 1. The van der Waals surface area contributed by atoms with Gasteiger partial charge in [0.05, 0.1) is 17.2 Å². The number of hydrogen-bond acceptors (Lipinski definition) is 4. The Kier molecular flexibility index (Phi) is 5.74. The maximum atomic E-state index is 13.7. The van der Waals surface area contributed by atoms with E-state index in [9.17, 15) is 18.4 Å². The Morgan fingerprint density at radius 1 is 1.13 bits per heavy atom. The monoisotopic (exact) mass is 413 g/mol. The van der Waals surface area contributed by atoms with Crippen LogP contribution in [-0.2, 0) is 11.3 Å². The van der Waals surface area contributed by atoms with Crippen LogP contribution in [0.1, 0.15) is 19.3 Å². The lowest BCUT2D eigenvalue weighted by Gasteiger charge is -2.32. The van der Waals surface area contributed by atoms with Gasteiger partial charge in [0, 0.05) is 45.0 Å². The van der Waals surface area contributed by atoms with Crippen molar-refractivity contribution in [2.75, 3.05) is 13.1 Å². The first-order valence-corrected chi connectivity index (χ1v) is 9.85. The number of fused-ring (bicyclic) bond motifs is 1. The number of nitrogens with zero attached hydrogens (tertiary/aromatic N) is 3. The summed E-state index contributed by atoms with van der Waals surface area (Å²) in [6.45, 7) is 1.22. The number of hydrogen-bond donors (Lipinski definition) is 0. The molecule has 0 saturated carbocycles. The molecule has 1 aliphatic rings. The van der Waals surface area contributed by atoms with Crippen LogP contribution >= 0.6 is 0 Å². The number of piperidine rings is 1. The molecule has 1 amide bonds. The van der Waals surface area contributed by atoms with E-state index >= 15 is 0 Å². The van der Waals surface area contributed by atoms with Crippen LogP contribution in [0.15, 0.2) is 53.6 Å². The Morgan fingerprint density at radius 3 is 2.67 bits per heavy atom. The van der Waals surface area contributed by atoms with E-state index in [4.69, 9.17) is 4.74 Å². The number of carbonyl (C=O) groups is 1. The third-order valence-corrected chi connectivity index (χ3v) is 5.28. The first kappa shape index (κ1) is 20.0. The highest BCUT2D eigenvalue weighted by Crippen LogP contribution is 2.23. The van der Waals surface area contributed by atoms with Crippen molar-refractivity contribution in [2.45, 2.75) is 31.9 Å². The third-order valence-electron chi connectivity index (χ3n) is 5.28. The van der Waals surface area contributed by atoms with E-state index in [1.807, 2.05) is 6.07 Å². The summed E-state index contributed by atoms with van der Waals surface area (Å²) in [5.74, 6) is -1.42. The molecule has 6 nitrogen and oxygen atoms in total. The highest BCUT2D eigenvalue weighted by atomic mass is 19.1. The summed E-state index contributed by atoms with van der Waals surface area (Å²) in [6.07, 6.45) is 2.54. The molecule has 1 saturated heterocycles. The minimum absolute atomic E-state index is 0.0179. The second-order valence-corrected chi connectivity index (χ2v) is 7.28. The fourth-order valence-electron chi connectivity index (χ4n) is 3.61. The predicted octanol–water partition coefficient (Wildman–Crippen LogP) is 3.13. The van der Waals surface area contributed by atoms with Crippen molar-refractivity contribution in [1.29, 1.82) is 0 Å². The molecule has 3 aromatic rings. The highest BCUT2D eigenvalue weighted by Gasteiger charge is 2.24. The molecule has 1 fully saturated rings. The van der Waals surface area contributed by atoms with Gasteiger partial charge in [0.25, 0.3) is 5.56 Å². The minimum Gasteiger partial charge on any atom is -0.487 e. The van der Waals surface area contributed by atoms with Crippen LogP contribution in [0.2, 0.25) is 0 Å². The number of benzene rings is 2. The Labute approximate surface area is 171 Å². The minimum atomic E-state index is -0.733. The summed E-state index contributed by atoms with van der Waals surface area (Å²) in [6, 6.07) is 10.3. The number of rotatable bonds is 5. The Bertz CT molecular complexity index is 1120. The van der Waals surface area contributed by atoms with Crippen molar-refractivity contribution in [2.24, 2.45) is 0 Å². The van der Waals surface area contributed by atoms with E-state index in [2.05, 4.69) is 4.98 Å². The maximum absolute atomic E-state index is 13.7. The Morgan fingerprint density at radius 2 is 1.90 bits per heavy atom. The van der Waals surface area contributed by atoms with Crippen LogP contribution in [0.5, 0.6) is 5.75 Å². The Hall–Kier alpha value is -3.29. The quantitative estimate of drug-likeness (QED) is 0.645. The van der Waals surface area contributed by atoms with Gasteiger partial charge in [0.15, 0.2) is 11.6 Å². The second-order valence-electron chi connectivity index (χ2n) is 7.28. The van der Waals surface area contributed by atoms with Crippen LogP contribution in [0, 0.1) is 11.6 Å². The largest absolute Gasteiger partial charge is 0.487 e. The van der Waals surface area contributed by atoms with Crippen LogP contribution in [-0.4, -0.2) is 39.6 Å². The molecule has 2 aromatic carbocycles. The topological polar surface area (TPSA) is 64.4 Å².